The molecule has 1 heterocycles. The van der Waals surface area contributed by atoms with E-state index in [1.54, 1.807) is 0 Å². The highest BCUT2D eigenvalue weighted by Gasteiger charge is 2.59. The minimum atomic E-state index is -5.31. The number of aliphatic imine (C=N–C) groups is 1. The molecule has 3 nitrogen and oxygen atoms in total. The molecular weight excluding hydrogens is 517 g/mol. The van der Waals surface area contributed by atoms with Crippen LogP contribution < -0.4 is 0 Å². The molecule has 2 aromatic rings. The molecule has 35 heavy (non-hydrogen) atoms. The van der Waals surface area contributed by atoms with Crippen LogP contribution in [-0.2, 0) is 33.9 Å². The van der Waals surface area contributed by atoms with Gasteiger partial charge in [0.25, 0.3) is 0 Å². The second-order valence-corrected chi connectivity index (χ2v) is 8.31. The fourth-order valence-electron chi connectivity index (χ4n) is 3.62. The number of nitrogens with zero attached hydrogens (tertiary/aromatic N) is 1. The van der Waals surface area contributed by atoms with Crippen molar-refractivity contribution in [2.24, 2.45) is 4.99 Å². The number of esters is 1. The van der Waals surface area contributed by atoms with Gasteiger partial charge in [-0.25, -0.2) is 0 Å². The van der Waals surface area contributed by atoms with Crippen molar-refractivity contribution in [3.8, 4) is 0 Å². The molecule has 3 rings (SSSR count). The summed E-state index contributed by atoms with van der Waals surface area (Å²) in [5, 5.41) is 0.0226. The topological polar surface area (TPSA) is 38.7 Å². The highest BCUT2D eigenvalue weighted by molar-refractivity contribution is 6.31. The van der Waals surface area contributed by atoms with E-state index in [-0.39, 0.29) is 41.1 Å². The smallest absolute Gasteiger partial charge is 0.416 e. The quantitative estimate of drug-likeness (QED) is 0.311. The fourth-order valence-corrected chi connectivity index (χ4v) is 3.86. The zero-order chi connectivity index (χ0) is 26.4. The van der Waals surface area contributed by atoms with Gasteiger partial charge in [0, 0.05) is 29.6 Å². The van der Waals surface area contributed by atoms with Crippen molar-refractivity contribution in [2.45, 2.75) is 43.9 Å². The first-order valence-corrected chi connectivity index (χ1v) is 10.1. The largest absolute Gasteiger partial charge is 0.461 e. The number of alkyl halides is 9. The number of halogens is 10. The number of carbonyl (C=O) groups excluding carboxylic acids is 1. The second kappa shape index (κ2) is 9.03. The summed E-state index contributed by atoms with van der Waals surface area (Å²) in [5.74, 6) is -0.598. The number of rotatable bonds is 4. The second-order valence-electron chi connectivity index (χ2n) is 7.90. The van der Waals surface area contributed by atoms with E-state index in [0.29, 0.717) is 5.56 Å². The highest BCUT2D eigenvalue weighted by Crippen LogP contribution is 2.50. The monoisotopic (exact) mass is 531 g/mol. The molecule has 1 aliphatic heterocycles. The summed E-state index contributed by atoms with van der Waals surface area (Å²) in [5.41, 5.74) is -7.78. The van der Waals surface area contributed by atoms with Gasteiger partial charge < -0.3 is 4.74 Å². The Labute approximate surface area is 197 Å². The van der Waals surface area contributed by atoms with Crippen molar-refractivity contribution in [1.82, 2.24) is 0 Å². The Hall–Kier alpha value is -2.76. The normalized spacial score (nSPS) is 19.0. The zero-order valence-electron chi connectivity index (χ0n) is 17.6. The van der Waals surface area contributed by atoms with Crippen LogP contribution in [0, 0.1) is 0 Å². The Morgan fingerprint density at radius 2 is 1.54 bits per heavy atom. The number of ether oxygens (including phenoxy) is 1. The molecule has 13 heteroatoms. The van der Waals surface area contributed by atoms with Gasteiger partial charge in [0.05, 0.1) is 17.7 Å². The highest BCUT2D eigenvalue weighted by atomic mass is 35.5. The third kappa shape index (κ3) is 5.57. The summed E-state index contributed by atoms with van der Waals surface area (Å²) in [7, 11) is 0. The van der Waals surface area contributed by atoms with E-state index < -0.39 is 59.6 Å². The lowest BCUT2D eigenvalue weighted by atomic mass is 9.75. The number of carbonyl (C=O) groups is 1. The van der Waals surface area contributed by atoms with E-state index in [1.807, 2.05) is 0 Å². The van der Waals surface area contributed by atoms with Gasteiger partial charge in [0.1, 0.15) is 12.0 Å². The van der Waals surface area contributed by atoms with E-state index in [9.17, 15) is 44.3 Å². The van der Waals surface area contributed by atoms with Gasteiger partial charge in [-0.1, -0.05) is 23.7 Å². The lowest BCUT2D eigenvalue weighted by molar-refractivity contribution is -0.184. The number of hydrogen-bond acceptors (Lipinski definition) is 3. The third-order valence-corrected chi connectivity index (χ3v) is 5.86. The first-order valence-electron chi connectivity index (χ1n) is 9.76. The minimum absolute atomic E-state index is 0.0226. The van der Waals surface area contributed by atoms with Crippen LogP contribution in [0.5, 0.6) is 0 Å². The molecule has 0 spiro atoms. The van der Waals surface area contributed by atoms with Crippen LogP contribution in [0.1, 0.15) is 41.2 Å². The summed E-state index contributed by atoms with van der Waals surface area (Å²) in [6.07, 6.45) is -16.9. The van der Waals surface area contributed by atoms with Crippen molar-refractivity contribution in [1.29, 1.82) is 0 Å². The van der Waals surface area contributed by atoms with Gasteiger partial charge >= 0.3 is 24.5 Å². The maximum Gasteiger partial charge on any atom is 0.416 e. The average Bonchev–Trinajstić information content (AvgIpc) is 3.18. The first kappa shape index (κ1) is 26.8. The van der Waals surface area contributed by atoms with Crippen molar-refractivity contribution in [2.75, 3.05) is 6.54 Å². The van der Waals surface area contributed by atoms with Crippen LogP contribution in [0.3, 0.4) is 0 Å². The molecular formula is C22H15ClF9NO2. The molecule has 0 radical (unpaired) electrons. The zero-order valence-corrected chi connectivity index (χ0v) is 18.4. The summed E-state index contributed by atoms with van der Waals surface area (Å²) in [4.78, 5) is 14.8. The standard InChI is InChI=1S/C22H15ClF9NO2/c1-11(34)35-9-13-3-2-12(4-17(13)23)18-8-19(10-33-18,22(30,31)32)14-5-15(20(24,25)26)7-16(6-14)21(27,28)29/h2-7H,8-10H2,1H3. The van der Waals surface area contributed by atoms with E-state index in [2.05, 4.69) is 4.99 Å². The van der Waals surface area contributed by atoms with Crippen LogP contribution in [0.4, 0.5) is 39.5 Å². The van der Waals surface area contributed by atoms with Crippen molar-refractivity contribution >= 4 is 23.3 Å². The van der Waals surface area contributed by atoms with Crippen LogP contribution in [0.15, 0.2) is 41.4 Å². The molecule has 0 fully saturated rings. The van der Waals surface area contributed by atoms with Crippen LogP contribution in [-0.4, -0.2) is 24.4 Å². The predicted octanol–water partition coefficient (Wildman–Crippen LogP) is 7.13. The van der Waals surface area contributed by atoms with Gasteiger partial charge in [-0.3, -0.25) is 9.79 Å². The lowest BCUT2D eigenvalue weighted by Crippen LogP contribution is -2.44. The number of hydrogen-bond donors (Lipinski definition) is 0. The fraction of sp³-hybridized carbons (Fsp3) is 0.364. The molecule has 2 aromatic carbocycles. The van der Waals surface area contributed by atoms with Gasteiger partial charge in [-0.2, -0.15) is 39.5 Å². The Morgan fingerprint density at radius 3 is 2.00 bits per heavy atom. The maximum atomic E-state index is 14.3. The molecule has 1 unspecified atom stereocenters. The molecule has 190 valence electrons. The Bertz CT molecular complexity index is 1140. The summed E-state index contributed by atoms with van der Waals surface area (Å²) in [6.45, 7) is -0.167. The summed E-state index contributed by atoms with van der Waals surface area (Å²) in [6, 6.07) is 3.85. The average molecular weight is 532 g/mol. The van der Waals surface area contributed by atoms with Gasteiger partial charge in [0.15, 0.2) is 0 Å². The lowest BCUT2D eigenvalue weighted by Gasteiger charge is -2.32. The molecule has 1 atom stereocenters. The van der Waals surface area contributed by atoms with Crippen molar-refractivity contribution < 1.29 is 49.0 Å². The van der Waals surface area contributed by atoms with E-state index in [0.717, 1.165) is 6.92 Å². The van der Waals surface area contributed by atoms with E-state index in [1.165, 1.54) is 18.2 Å². The molecule has 0 N–H and O–H groups in total. The molecule has 0 amide bonds. The predicted molar refractivity (Wildman–Crippen MR) is 107 cm³/mol. The third-order valence-electron chi connectivity index (χ3n) is 5.51. The van der Waals surface area contributed by atoms with Crippen LogP contribution in [0.25, 0.3) is 0 Å². The molecule has 1 aliphatic rings. The summed E-state index contributed by atoms with van der Waals surface area (Å²) >= 11 is 6.09. The van der Waals surface area contributed by atoms with Gasteiger partial charge in [0.2, 0.25) is 0 Å². The van der Waals surface area contributed by atoms with Crippen molar-refractivity contribution in [3.05, 3.63) is 69.2 Å². The molecule has 0 saturated heterocycles. The first-order chi connectivity index (χ1) is 15.9. The molecule has 0 bridgehead atoms. The maximum absolute atomic E-state index is 14.3. The van der Waals surface area contributed by atoms with E-state index >= 15 is 0 Å². The Kier molecular flexibility index (Phi) is 6.93. The summed E-state index contributed by atoms with van der Waals surface area (Å²) < 4.78 is 127. The van der Waals surface area contributed by atoms with Gasteiger partial charge in [-0.15, -0.1) is 0 Å². The minimum Gasteiger partial charge on any atom is -0.461 e. The molecule has 0 aromatic heterocycles. The SMILES string of the molecule is CC(=O)OCc1ccc(C2=NCC(c3cc(C(F)(F)F)cc(C(F)(F)F)c3)(C(F)(F)F)C2)cc1Cl. The Morgan fingerprint density at radius 1 is 0.971 bits per heavy atom. The molecule has 0 saturated carbocycles. The Balaban J connectivity index is 2.05. The van der Waals surface area contributed by atoms with Crippen molar-refractivity contribution in [3.63, 3.8) is 0 Å². The molecule has 0 aliphatic carbocycles. The van der Waals surface area contributed by atoms with Crippen LogP contribution in [0.2, 0.25) is 5.02 Å². The van der Waals surface area contributed by atoms with E-state index in [4.69, 9.17) is 16.3 Å². The number of benzene rings is 2. The van der Waals surface area contributed by atoms with Gasteiger partial charge in [-0.05, 0) is 35.4 Å². The van der Waals surface area contributed by atoms with Crippen LogP contribution >= 0.6 is 11.6 Å².